The minimum absolute atomic E-state index is 0.364. The molecule has 2 rings (SSSR count). The molecule has 0 spiro atoms. The predicted molar refractivity (Wildman–Crippen MR) is 69.1 cm³/mol. The normalized spacial score (nSPS) is 9.89. The molecule has 0 atom stereocenters. The summed E-state index contributed by atoms with van der Waals surface area (Å²) in [5, 5.41) is 16.5. The molecule has 2 aromatic rings. The lowest BCUT2D eigenvalue weighted by Crippen LogP contribution is -2.10. The number of benzene rings is 1. The summed E-state index contributed by atoms with van der Waals surface area (Å²) in [4.78, 5) is 1.27. The van der Waals surface area contributed by atoms with E-state index in [1.807, 2.05) is 6.19 Å². The van der Waals surface area contributed by atoms with Crippen LogP contribution < -0.4 is 4.90 Å². The first-order chi connectivity index (χ1) is 8.61. The van der Waals surface area contributed by atoms with Crippen molar-refractivity contribution in [2.45, 2.75) is 0 Å². The molecule has 0 aliphatic heterocycles. The third kappa shape index (κ3) is 2.46. The smallest absolute Gasteiger partial charge is 0.185 e. The van der Waals surface area contributed by atoms with Crippen LogP contribution >= 0.6 is 15.9 Å². The van der Waals surface area contributed by atoms with Crippen LogP contribution in [0.4, 0.5) is 10.2 Å². The second-order valence-electron chi connectivity index (χ2n) is 3.56. The van der Waals surface area contributed by atoms with Crippen molar-refractivity contribution in [1.29, 1.82) is 5.26 Å². The second kappa shape index (κ2) is 5.10. The first-order valence-corrected chi connectivity index (χ1v) is 5.83. The Kier molecular flexibility index (Phi) is 3.53. The average molecular weight is 307 g/mol. The van der Waals surface area contributed by atoms with Crippen LogP contribution in [0.3, 0.4) is 0 Å². The van der Waals surface area contributed by atoms with Crippen LogP contribution in [0.5, 0.6) is 0 Å². The Morgan fingerprint density at radius 2 is 2.06 bits per heavy atom. The van der Waals surface area contributed by atoms with Gasteiger partial charge in [-0.2, -0.15) is 5.26 Å². The van der Waals surface area contributed by atoms with Gasteiger partial charge in [0.05, 0.1) is 5.69 Å². The molecule has 0 saturated carbocycles. The van der Waals surface area contributed by atoms with E-state index in [1.165, 1.54) is 11.0 Å². The summed E-state index contributed by atoms with van der Waals surface area (Å²) in [6.45, 7) is 0. The highest BCUT2D eigenvalue weighted by molar-refractivity contribution is 9.10. The molecule has 0 bridgehead atoms. The van der Waals surface area contributed by atoms with E-state index in [0.717, 1.165) is 4.47 Å². The third-order valence-corrected chi connectivity index (χ3v) is 2.84. The maximum atomic E-state index is 13.6. The van der Waals surface area contributed by atoms with E-state index in [1.54, 1.807) is 31.3 Å². The van der Waals surface area contributed by atoms with Crippen molar-refractivity contribution in [3.63, 3.8) is 0 Å². The molecule has 1 heterocycles. The Labute approximate surface area is 112 Å². The lowest BCUT2D eigenvalue weighted by Gasteiger charge is -2.07. The fraction of sp³-hybridized carbons (Fsp3) is 0.0833. The summed E-state index contributed by atoms with van der Waals surface area (Å²) in [6.07, 6.45) is 1.91. The molecule has 18 heavy (non-hydrogen) atoms. The van der Waals surface area contributed by atoms with Crippen molar-refractivity contribution in [3.8, 4) is 17.5 Å². The van der Waals surface area contributed by atoms with E-state index >= 15 is 0 Å². The maximum Gasteiger partial charge on any atom is 0.185 e. The zero-order valence-corrected chi connectivity index (χ0v) is 11.0. The van der Waals surface area contributed by atoms with Gasteiger partial charge in [0.25, 0.3) is 0 Å². The standard InChI is InChI=1S/C12H8BrFN4/c1-18(7-15)12-5-4-11(16-17-12)9-6-8(13)2-3-10(9)14/h2-6H,1H3. The van der Waals surface area contributed by atoms with E-state index in [9.17, 15) is 4.39 Å². The number of hydrogen-bond acceptors (Lipinski definition) is 4. The van der Waals surface area contributed by atoms with Gasteiger partial charge >= 0.3 is 0 Å². The molecular formula is C12H8BrFN4. The maximum absolute atomic E-state index is 13.6. The summed E-state index contributed by atoms with van der Waals surface area (Å²) in [5.41, 5.74) is 0.784. The Morgan fingerprint density at radius 3 is 2.67 bits per heavy atom. The van der Waals surface area contributed by atoms with Gasteiger partial charge in [0.2, 0.25) is 0 Å². The highest BCUT2D eigenvalue weighted by Gasteiger charge is 2.09. The van der Waals surface area contributed by atoms with Gasteiger partial charge in [-0.15, -0.1) is 10.2 Å². The van der Waals surface area contributed by atoms with Crippen LogP contribution in [0.2, 0.25) is 0 Å². The number of rotatable bonds is 2. The minimum atomic E-state index is -0.367. The van der Waals surface area contributed by atoms with E-state index < -0.39 is 0 Å². The van der Waals surface area contributed by atoms with Crippen LogP contribution in [-0.2, 0) is 0 Å². The van der Waals surface area contributed by atoms with Gasteiger partial charge in [-0.05, 0) is 30.3 Å². The van der Waals surface area contributed by atoms with Crippen molar-refractivity contribution in [3.05, 3.63) is 40.6 Å². The molecule has 90 valence electrons. The summed E-state index contributed by atoms with van der Waals surface area (Å²) < 4.78 is 14.4. The zero-order chi connectivity index (χ0) is 13.1. The average Bonchev–Trinajstić information content (AvgIpc) is 2.41. The van der Waals surface area contributed by atoms with Crippen LogP contribution in [0.1, 0.15) is 0 Å². The molecule has 0 aliphatic rings. The number of hydrogen-bond donors (Lipinski definition) is 0. The molecule has 4 nitrogen and oxygen atoms in total. The summed E-state index contributed by atoms with van der Waals surface area (Å²) in [5.74, 6) is 0.0468. The fourth-order valence-corrected chi connectivity index (χ4v) is 1.75. The first-order valence-electron chi connectivity index (χ1n) is 5.04. The third-order valence-electron chi connectivity index (χ3n) is 2.35. The van der Waals surface area contributed by atoms with Gasteiger partial charge in [-0.1, -0.05) is 15.9 Å². The molecule has 1 aromatic carbocycles. The van der Waals surface area contributed by atoms with Crippen LogP contribution in [0.25, 0.3) is 11.3 Å². The largest absolute Gasteiger partial charge is 0.265 e. The summed E-state index contributed by atoms with van der Waals surface area (Å²) in [6, 6.07) is 7.85. The summed E-state index contributed by atoms with van der Waals surface area (Å²) in [7, 11) is 1.57. The number of nitrogens with zero attached hydrogens (tertiary/aromatic N) is 4. The first kappa shape index (κ1) is 12.5. The van der Waals surface area contributed by atoms with E-state index in [0.29, 0.717) is 17.1 Å². The van der Waals surface area contributed by atoms with Crippen LogP contribution in [0, 0.1) is 17.3 Å². The number of nitriles is 1. The molecule has 0 unspecified atom stereocenters. The number of anilines is 1. The second-order valence-corrected chi connectivity index (χ2v) is 4.48. The van der Waals surface area contributed by atoms with Crippen molar-refractivity contribution in [2.24, 2.45) is 0 Å². The Morgan fingerprint density at radius 1 is 1.28 bits per heavy atom. The van der Waals surface area contributed by atoms with Crippen molar-refractivity contribution in [2.75, 3.05) is 11.9 Å². The highest BCUT2D eigenvalue weighted by atomic mass is 79.9. The molecule has 0 aliphatic carbocycles. The Hall–Kier alpha value is -2.00. The molecule has 6 heteroatoms. The van der Waals surface area contributed by atoms with E-state index in [4.69, 9.17) is 5.26 Å². The molecular weight excluding hydrogens is 299 g/mol. The summed E-state index contributed by atoms with van der Waals surface area (Å²) >= 11 is 3.28. The fourth-order valence-electron chi connectivity index (χ4n) is 1.39. The highest BCUT2D eigenvalue weighted by Crippen LogP contribution is 2.24. The molecule has 1 aromatic heterocycles. The molecule has 0 saturated heterocycles. The van der Waals surface area contributed by atoms with Gasteiger partial charge in [0.15, 0.2) is 12.0 Å². The van der Waals surface area contributed by atoms with E-state index in [2.05, 4.69) is 26.1 Å². The van der Waals surface area contributed by atoms with Crippen molar-refractivity contribution >= 4 is 21.7 Å². The van der Waals surface area contributed by atoms with Gasteiger partial charge in [0.1, 0.15) is 5.82 Å². The van der Waals surface area contributed by atoms with E-state index in [-0.39, 0.29) is 5.82 Å². The minimum Gasteiger partial charge on any atom is -0.265 e. The van der Waals surface area contributed by atoms with Crippen molar-refractivity contribution in [1.82, 2.24) is 10.2 Å². The van der Waals surface area contributed by atoms with Crippen LogP contribution in [0.15, 0.2) is 34.8 Å². The molecule has 0 fully saturated rings. The Bertz CT molecular complexity index is 606. The topological polar surface area (TPSA) is 52.8 Å². The lowest BCUT2D eigenvalue weighted by molar-refractivity contribution is 0.630. The number of halogens is 2. The molecule has 0 radical (unpaired) electrons. The molecule has 0 amide bonds. The quantitative estimate of drug-likeness (QED) is 0.632. The number of aromatic nitrogens is 2. The van der Waals surface area contributed by atoms with Gasteiger partial charge in [-0.25, -0.2) is 4.39 Å². The zero-order valence-electron chi connectivity index (χ0n) is 9.43. The lowest BCUT2D eigenvalue weighted by atomic mass is 10.1. The van der Waals surface area contributed by atoms with Crippen LogP contribution in [-0.4, -0.2) is 17.2 Å². The molecule has 0 N–H and O–H groups in total. The predicted octanol–water partition coefficient (Wildman–Crippen LogP) is 2.96. The van der Waals surface area contributed by atoms with Gasteiger partial charge in [-0.3, -0.25) is 4.90 Å². The van der Waals surface area contributed by atoms with Gasteiger partial charge < -0.3 is 0 Å². The van der Waals surface area contributed by atoms with Crippen molar-refractivity contribution < 1.29 is 4.39 Å². The van der Waals surface area contributed by atoms with Gasteiger partial charge in [0, 0.05) is 17.1 Å². The monoisotopic (exact) mass is 306 g/mol. The Balaban J connectivity index is 2.41. The SMILES string of the molecule is CN(C#N)c1ccc(-c2cc(Br)ccc2F)nn1.